The van der Waals surface area contributed by atoms with Crippen LogP contribution in [0.25, 0.3) is 0 Å². The second-order valence-electron chi connectivity index (χ2n) is 3.78. The van der Waals surface area contributed by atoms with Gasteiger partial charge < -0.3 is 9.47 Å². The molecule has 0 fully saturated rings. The van der Waals surface area contributed by atoms with E-state index in [0.29, 0.717) is 6.61 Å². The molecule has 0 saturated carbocycles. The van der Waals surface area contributed by atoms with E-state index in [1.54, 1.807) is 6.07 Å². The molecule has 0 heterocycles. The fraction of sp³-hybridized carbons (Fsp3) is 0.692. The van der Waals surface area contributed by atoms with E-state index in [2.05, 4.69) is 11.7 Å². The molecule has 0 spiro atoms. The molecule has 0 aromatic heterocycles. The predicted molar refractivity (Wildman–Crippen MR) is 65.0 cm³/mol. The van der Waals surface area contributed by atoms with Crippen molar-refractivity contribution in [1.29, 1.82) is 5.26 Å². The highest BCUT2D eigenvalue weighted by atomic mass is 16.5. The minimum absolute atomic E-state index is 0.0986. The zero-order valence-corrected chi connectivity index (χ0v) is 10.7. The van der Waals surface area contributed by atoms with Crippen molar-refractivity contribution in [3.8, 4) is 6.07 Å². The summed E-state index contributed by atoms with van der Waals surface area (Å²) in [5, 5.41) is 8.63. The number of nitriles is 1. The van der Waals surface area contributed by atoms with Gasteiger partial charge >= 0.3 is 5.97 Å². The van der Waals surface area contributed by atoms with Crippen molar-refractivity contribution in [2.75, 3.05) is 13.7 Å². The van der Waals surface area contributed by atoms with Crippen molar-refractivity contribution in [2.45, 2.75) is 45.4 Å². The maximum Gasteiger partial charge on any atom is 0.352 e. The van der Waals surface area contributed by atoms with Crippen LogP contribution in [-0.4, -0.2) is 19.7 Å². The van der Waals surface area contributed by atoms with Gasteiger partial charge in [-0.25, -0.2) is 4.79 Å². The maximum atomic E-state index is 11.3. The fourth-order valence-corrected chi connectivity index (χ4v) is 1.36. The van der Waals surface area contributed by atoms with E-state index in [0.717, 1.165) is 19.1 Å². The van der Waals surface area contributed by atoms with Crippen LogP contribution in [0, 0.1) is 11.3 Å². The average Bonchev–Trinajstić information content (AvgIpc) is 2.34. The van der Waals surface area contributed by atoms with Gasteiger partial charge in [0.1, 0.15) is 12.3 Å². The standard InChI is InChI=1S/C13H21NO3/c1-3-4-5-6-7-8-9-17-13(15)12(10-14)11-16-2/h11H,3-9H2,1-2H3. The van der Waals surface area contributed by atoms with Gasteiger partial charge in [0.2, 0.25) is 0 Å². The summed E-state index contributed by atoms with van der Waals surface area (Å²) in [6, 6.07) is 1.73. The third-order valence-corrected chi connectivity index (χ3v) is 2.31. The van der Waals surface area contributed by atoms with Crippen molar-refractivity contribution in [3.05, 3.63) is 11.8 Å². The molecule has 0 aliphatic heterocycles. The lowest BCUT2D eigenvalue weighted by Gasteiger charge is -2.03. The summed E-state index contributed by atoms with van der Waals surface area (Å²) in [6.45, 7) is 2.54. The third-order valence-electron chi connectivity index (χ3n) is 2.31. The quantitative estimate of drug-likeness (QED) is 0.204. The Bertz CT molecular complexity index is 279. The molecule has 0 saturated heterocycles. The normalized spacial score (nSPS) is 10.8. The minimum atomic E-state index is -0.608. The summed E-state index contributed by atoms with van der Waals surface area (Å²) in [5.74, 6) is -0.608. The van der Waals surface area contributed by atoms with Crippen LogP contribution in [-0.2, 0) is 14.3 Å². The Morgan fingerprint density at radius 3 is 2.47 bits per heavy atom. The number of esters is 1. The molecule has 0 radical (unpaired) electrons. The summed E-state index contributed by atoms with van der Waals surface area (Å²) in [5.41, 5.74) is -0.0986. The summed E-state index contributed by atoms with van der Waals surface area (Å²) < 4.78 is 9.55. The van der Waals surface area contributed by atoms with Crippen molar-refractivity contribution in [1.82, 2.24) is 0 Å². The van der Waals surface area contributed by atoms with Crippen molar-refractivity contribution in [2.24, 2.45) is 0 Å². The molecule has 0 amide bonds. The van der Waals surface area contributed by atoms with Crippen LogP contribution in [0.3, 0.4) is 0 Å². The van der Waals surface area contributed by atoms with Gasteiger partial charge in [-0.3, -0.25) is 0 Å². The SMILES string of the molecule is CCCCCCCCOC(=O)C(C#N)=COC. The summed E-state index contributed by atoms with van der Waals surface area (Å²) in [6.07, 6.45) is 7.90. The fourth-order valence-electron chi connectivity index (χ4n) is 1.36. The van der Waals surface area contributed by atoms with Crippen LogP contribution in [0.5, 0.6) is 0 Å². The van der Waals surface area contributed by atoms with Crippen molar-refractivity contribution < 1.29 is 14.3 Å². The first-order valence-corrected chi connectivity index (χ1v) is 6.06. The van der Waals surface area contributed by atoms with Gasteiger partial charge in [0.05, 0.1) is 13.7 Å². The first-order chi connectivity index (χ1) is 8.26. The Morgan fingerprint density at radius 2 is 1.88 bits per heavy atom. The highest BCUT2D eigenvalue weighted by Gasteiger charge is 2.10. The Morgan fingerprint density at radius 1 is 1.24 bits per heavy atom. The topological polar surface area (TPSA) is 59.3 Å². The lowest BCUT2D eigenvalue weighted by molar-refractivity contribution is -0.138. The molecule has 0 rings (SSSR count). The van der Waals surface area contributed by atoms with E-state index >= 15 is 0 Å². The molecule has 0 aromatic rings. The highest BCUT2D eigenvalue weighted by molar-refractivity contribution is 5.92. The van der Waals surface area contributed by atoms with Gasteiger partial charge in [-0.1, -0.05) is 39.0 Å². The number of carbonyl (C=O) groups is 1. The monoisotopic (exact) mass is 239 g/mol. The number of hydrogen-bond donors (Lipinski definition) is 0. The minimum Gasteiger partial charge on any atom is -0.503 e. The Balaban J connectivity index is 3.58. The van der Waals surface area contributed by atoms with E-state index in [4.69, 9.17) is 10.00 Å². The number of ether oxygens (including phenoxy) is 2. The van der Waals surface area contributed by atoms with Gasteiger partial charge in [-0.2, -0.15) is 5.26 Å². The highest BCUT2D eigenvalue weighted by Crippen LogP contribution is 2.05. The van der Waals surface area contributed by atoms with Gasteiger partial charge in [0, 0.05) is 0 Å². The lowest BCUT2D eigenvalue weighted by Crippen LogP contribution is -2.08. The third kappa shape index (κ3) is 8.32. The molecule has 0 aliphatic rings. The number of methoxy groups -OCH3 is 1. The average molecular weight is 239 g/mol. The van der Waals surface area contributed by atoms with Crippen LogP contribution in [0.2, 0.25) is 0 Å². The van der Waals surface area contributed by atoms with E-state index in [-0.39, 0.29) is 5.57 Å². The second kappa shape index (κ2) is 11.0. The summed E-state index contributed by atoms with van der Waals surface area (Å²) >= 11 is 0. The first-order valence-electron chi connectivity index (χ1n) is 6.06. The predicted octanol–water partition coefficient (Wildman–Crippen LogP) is 2.94. The molecule has 4 nitrogen and oxygen atoms in total. The maximum absolute atomic E-state index is 11.3. The van der Waals surface area contributed by atoms with Crippen LogP contribution in [0.4, 0.5) is 0 Å². The van der Waals surface area contributed by atoms with E-state index in [9.17, 15) is 4.79 Å². The van der Waals surface area contributed by atoms with Crippen LogP contribution in [0.1, 0.15) is 45.4 Å². The molecule has 4 heteroatoms. The summed E-state index contributed by atoms with van der Waals surface area (Å²) in [4.78, 5) is 11.3. The number of hydrogen-bond acceptors (Lipinski definition) is 4. The van der Waals surface area contributed by atoms with Gasteiger partial charge in [-0.15, -0.1) is 0 Å². The Labute approximate surface area is 103 Å². The molecule has 0 N–H and O–H groups in total. The zero-order chi connectivity index (χ0) is 12.9. The molecule has 17 heavy (non-hydrogen) atoms. The van der Waals surface area contributed by atoms with Gasteiger partial charge in [-0.05, 0) is 6.42 Å². The molecule has 0 atom stereocenters. The number of carbonyl (C=O) groups excluding carboxylic acids is 1. The van der Waals surface area contributed by atoms with E-state index < -0.39 is 5.97 Å². The molecule has 0 aliphatic carbocycles. The van der Waals surface area contributed by atoms with E-state index in [1.807, 2.05) is 0 Å². The van der Waals surface area contributed by atoms with Crippen LogP contribution < -0.4 is 0 Å². The Hall–Kier alpha value is -1.50. The second-order valence-corrected chi connectivity index (χ2v) is 3.78. The largest absolute Gasteiger partial charge is 0.503 e. The molecule has 0 bridgehead atoms. The molecule has 96 valence electrons. The summed E-state index contributed by atoms with van der Waals surface area (Å²) in [7, 11) is 1.39. The molecular formula is C13H21NO3. The van der Waals surface area contributed by atoms with Crippen LogP contribution in [0.15, 0.2) is 11.8 Å². The number of rotatable bonds is 9. The smallest absolute Gasteiger partial charge is 0.352 e. The first kappa shape index (κ1) is 15.5. The van der Waals surface area contributed by atoms with Crippen LogP contribution >= 0.6 is 0 Å². The zero-order valence-electron chi connectivity index (χ0n) is 10.7. The van der Waals surface area contributed by atoms with Gasteiger partial charge in [0.15, 0.2) is 5.57 Å². The molecular weight excluding hydrogens is 218 g/mol. The number of nitrogens with zero attached hydrogens (tertiary/aromatic N) is 1. The van der Waals surface area contributed by atoms with E-state index in [1.165, 1.54) is 32.8 Å². The number of unbranched alkanes of at least 4 members (excludes halogenated alkanes) is 5. The molecule has 0 unspecified atom stereocenters. The van der Waals surface area contributed by atoms with Crippen molar-refractivity contribution >= 4 is 5.97 Å². The Kier molecular flexibility index (Phi) is 10.0. The molecule has 0 aromatic carbocycles. The van der Waals surface area contributed by atoms with Crippen molar-refractivity contribution in [3.63, 3.8) is 0 Å². The lowest BCUT2D eigenvalue weighted by atomic mass is 10.1. The van der Waals surface area contributed by atoms with Gasteiger partial charge in [0.25, 0.3) is 0 Å².